The van der Waals surface area contributed by atoms with Gasteiger partial charge in [0.2, 0.25) is 17.7 Å². The molecule has 0 spiro atoms. The van der Waals surface area contributed by atoms with Crippen LogP contribution in [0.1, 0.15) is 45.6 Å². The molecule has 5 nitrogen and oxygen atoms in total. The van der Waals surface area contributed by atoms with Crippen LogP contribution in [-0.4, -0.2) is 17.7 Å². The summed E-state index contributed by atoms with van der Waals surface area (Å²) in [6, 6.07) is 7.61. The predicted molar refractivity (Wildman–Crippen MR) is 91.1 cm³/mol. The summed E-state index contributed by atoms with van der Waals surface area (Å²) < 4.78 is 0. The molecule has 0 radical (unpaired) electrons. The second kappa shape index (κ2) is 5.16. The van der Waals surface area contributed by atoms with E-state index in [-0.39, 0.29) is 17.7 Å². The van der Waals surface area contributed by atoms with E-state index in [0.717, 1.165) is 11.3 Å². The van der Waals surface area contributed by atoms with Crippen molar-refractivity contribution < 1.29 is 14.4 Å². The fourth-order valence-electron chi connectivity index (χ4n) is 4.66. The third-order valence-electron chi connectivity index (χ3n) is 5.49. The third kappa shape index (κ3) is 2.62. The lowest BCUT2D eigenvalue weighted by atomic mass is 9.52. The van der Waals surface area contributed by atoms with Crippen LogP contribution in [0.3, 0.4) is 0 Å². The van der Waals surface area contributed by atoms with Gasteiger partial charge in [0.05, 0.1) is 0 Å². The Bertz CT molecular complexity index is 714. The number of hydrogen-bond donors (Lipinski definition) is 2. The highest BCUT2D eigenvalue weighted by atomic mass is 16.2. The minimum absolute atomic E-state index is 0.132. The number of carbonyl (C=O) groups is 3. The number of nitrogens with one attached hydrogen (secondary N) is 2. The number of carbonyl (C=O) groups excluding carboxylic acids is 3. The molecule has 1 saturated heterocycles. The smallest absolute Gasteiger partial charge is 0.232 e. The first-order valence-corrected chi connectivity index (χ1v) is 8.31. The van der Waals surface area contributed by atoms with Gasteiger partial charge in [-0.3, -0.25) is 19.7 Å². The molecule has 1 heterocycles. The second-order valence-electron chi connectivity index (χ2n) is 8.32. The molecule has 1 aliphatic heterocycles. The van der Waals surface area contributed by atoms with Gasteiger partial charge in [0.25, 0.3) is 0 Å². The highest BCUT2D eigenvalue weighted by molar-refractivity contribution is 6.05. The van der Waals surface area contributed by atoms with Crippen molar-refractivity contribution in [2.75, 3.05) is 5.32 Å². The minimum atomic E-state index is -0.765. The summed E-state index contributed by atoms with van der Waals surface area (Å²) in [7, 11) is 0. The fourth-order valence-corrected chi connectivity index (χ4v) is 4.66. The maximum Gasteiger partial charge on any atom is 0.232 e. The fraction of sp³-hybridized carbons (Fsp3) is 0.526. The maximum atomic E-state index is 13.0. The first-order chi connectivity index (χ1) is 11.1. The van der Waals surface area contributed by atoms with Crippen molar-refractivity contribution in [3.05, 3.63) is 29.8 Å². The second-order valence-corrected chi connectivity index (χ2v) is 8.32. The summed E-state index contributed by atoms with van der Waals surface area (Å²) in [4.78, 5) is 37.6. The van der Waals surface area contributed by atoms with E-state index in [1.807, 2.05) is 52.0 Å². The summed E-state index contributed by atoms with van der Waals surface area (Å²) in [5.41, 5.74) is -0.354. The van der Waals surface area contributed by atoms with E-state index < -0.39 is 16.2 Å². The zero-order chi connectivity index (χ0) is 17.8. The van der Waals surface area contributed by atoms with E-state index in [9.17, 15) is 14.4 Å². The van der Waals surface area contributed by atoms with E-state index in [2.05, 4.69) is 10.6 Å². The Hall–Kier alpha value is -2.17. The Morgan fingerprint density at radius 3 is 2.17 bits per heavy atom. The van der Waals surface area contributed by atoms with Gasteiger partial charge >= 0.3 is 0 Å². The van der Waals surface area contributed by atoms with Gasteiger partial charge in [-0.2, -0.15) is 0 Å². The average molecular weight is 328 g/mol. The van der Waals surface area contributed by atoms with Crippen molar-refractivity contribution >= 4 is 23.4 Å². The van der Waals surface area contributed by atoms with E-state index >= 15 is 0 Å². The first-order valence-electron chi connectivity index (χ1n) is 8.31. The number of amides is 3. The molecule has 5 heteroatoms. The number of fused-ring (bicyclic) bond motifs is 2. The Morgan fingerprint density at radius 1 is 1.04 bits per heavy atom. The lowest BCUT2D eigenvalue weighted by molar-refractivity contribution is -0.163. The van der Waals surface area contributed by atoms with Crippen molar-refractivity contribution in [1.29, 1.82) is 0 Å². The monoisotopic (exact) mass is 328 g/mol. The van der Waals surface area contributed by atoms with Gasteiger partial charge in [0.15, 0.2) is 0 Å². The average Bonchev–Trinajstić information content (AvgIpc) is 2.44. The zero-order valence-corrected chi connectivity index (χ0v) is 14.7. The summed E-state index contributed by atoms with van der Waals surface area (Å²) >= 11 is 0. The largest absolute Gasteiger partial charge is 0.326 e. The number of anilines is 1. The van der Waals surface area contributed by atoms with Gasteiger partial charge in [-0.25, -0.2) is 0 Å². The van der Waals surface area contributed by atoms with Crippen LogP contribution >= 0.6 is 0 Å². The SMILES string of the molecule is Cc1cccc(NC(=O)C2(C)CC3(C)CC(C)(C2)C(=O)NC3=O)c1. The summed E-state index contributed by atoms with van der Waals surface area (Å²) in [6.45, 7) is 7.53. The van der Waals surface area contributed by atoms with E-state index in [1.165, 1.54) is 0 Å². The number of imide groups is 1. The van der Waals surface area contributed by atoms with Crippen molar-refractivity contribution in [2.24, 2.45) is 16.2 Å². The normalized spacial score (nSPS) is 35.3. The molecule has 2 N–H and O–H groups in total. The summed E-state index contributed by atoms with van der Waals surface area (Å²) in [6.07, 6.45) is 1.37. The van der Waals surface area contributed by atoms with Crippen LogP contribution in [0.15, 0.2) is 24.3 Å². The first kappa shape index (κ1) is 16.7. The lowest BCUT2D eigenvalue weighted by Gasteiger charge is -2.53. The van der Waals surface area contributed by atoms with Crippen LogP contribution in [0.25, 0.3) is 0 Å². The van der Waals surface area contributed by atoms with Gasteiger partial charge in [0, 0.05) is 21.9 Å². The Labute approximate surface area is 142 Å². The van der Waals surface area contributed by atoms with E-state index in [0.29, 0.717) is 19.3 Å². The van der Waals surface area contributed by atoms with Gasteiger partial charge in [0.1, 0.15) is 0 Å². The minimum Gasteiger partial charge on any atom is -0.326 e. The summed E-state index contributed by atoms with van der Waals surface area (Å²) in [5.74, 6) is -0.661. The number of benzene rings is 1. The molecule has 1 aromatic carbocycles. The van der Waals surface area contributed by atoms with Crippen LogP contribution in [0.4, 0.5) is 5.69 Å². The Kier molecular flexibility index (Phi) is 3.59. The molecular formula is C19H24N2O3. The molecule has 3 rings (SSSR count). The van der Waals surface area contributed by atoms with Crippen molar-refractivity contribution in [2.45, 2.75) is 47.0 Å². The number of rotatable bonds is 2. The predicted octanol–water partition coefficient (Wildman–Crippen LogP) is 2.79. The zero-order valence-electron chi connectivity index (χ0n) is 14.7. The molecule has 128 valence electrons. The van der Waals surface area contributed by atoms with E-state index in [4.69, 9.17) is 0 Å². The molecule has 1 aromatic rings. The van der Waals surface area contributed by atoms with Crippen molar-refractivity contribution in [3.8, 4) is 0 Å². The standard InChI is InChI=1S/C19H24N2O3/c1-12-6-5-7-13(8-12)20-14(22)17(2)9-18(3)11-19(4,10-17)16(24)21-15(18)23/h5-8H,9-11H2,1-4H3,(H,20,22)(H,21,23,24). The highest BCUT2D eigenvalue weighted by Gasteiger charge is 2.60. The third-order valence-corrected chi connectivity index (χ3v) is 5.49. The molecule has 0 aromatic heterocycles. The molecule has 2 atom stereocenters. The molecule has 24 heavy (non-hydrogen) atoms. The Balaban J connectivity index is 1.90. The number of piperidine rings is 1. The van der Waals surface area contributed by atoms with Gasteiger partial charge in [-0.05, 0) is 43.9 Å². The number of aryl methyl sites for hydroxylation is 1. The molecule has 2 aliphatic rings. The van der Waals surface area contributed by atoms with E-state index in [1.54, 1.807) is 0 Å². The van der Waals surface area contributed by atoms with Crippen LogP contribution in [-0.2, 0) is 14.4 Å². The van der Waals surface area contributed by atoms with Crippen LogP contribution in [0.2, 0.25) is 0 Å². The molecule has 1 aliphatic carbocycles. The van der Waals surface area contributed by atoms with Gasteiger partial charge < -0.3 is 5.32 Å². The molecule has 3 amide bonds. The Morgan fingerprint density at radius 2 is 1.62 bits per heavy atom. The molecule has 2 unspecified atom stereocenters. The molecule has 2 bridgehead atoms. The number of hydrogen-bond acceptors (Lipinski definition) is 3. The summed E-state index contributed by atoms with van der Waals surface area (Å²) in [5, 5.41) is 5.45. The lowest BCUT2D eigenvalue weighted by Crippen LogP contribution is -2.63. The quantitative estimate of drug-likeness (QED) is 0.820. The molecular weight excluding hydrogens is 304 g/mol. The van der Waals surface area contributed by atoms with Gasteiger partial charge in [-0.15, -0.1) is 0 Å². The topological polar surface area (TPSA) is 75.3 Å². The molecule has 1 saturated carbocycles. The van der Waals surface area contributed by atoms with Crippen molar-refractivity contribution in [1.82, 2.24) is 5.32 Å². The highest BCUT2D eigenvalue weighted by Crippen LogP contribution is 2.56. The van der Waals surface area contributed by atoms with Crippen LogP contribution < -0.4 is 10.6 Å². The van der Waals surface area contributed by atoms with Crippen LogP contribution in [0, 0.1) is 23.2 Å². The van der Waals surface area contributed by atoms with Crippen LogP contribution in [0.5, 0.6) is 0 Å². The van der Waals surface area contributed by atoms with Gasteiger partial charge in [-0.1, -0.05) is 32.9 Å². The maximum absolute atomic E-state index is 13.0. The molecule has 2 fully saturated rings. The van der Waals surface area contributed by atoms with Crippen molar-refractivity contribution in [3.63, 3.8) is 0 Å².